The third kappa shape index (κ3) is 2.97. The van der Waals surface area contributed by atoms with Gasteiger partial charge in [0.15, 0.2) is 0 Å². The lowest BCUT2D eigenvalue weighted by atomic mass is 10.2. The van der Waals surface area contributed by atoms with E-state index >= 15 is 0 Å². The normalized spacial score (nSPS) is 16.9. The maximum Gasteiger partial charge on any atom is 0.139 e. The molecule has 0 spiro atoms. The van der Waals surface area contributed by atoms with Crippen molar-refractivity contribution in [2.24, 2.45) is 0 Å². The highest BCUT2D eigenvalue weighted by atomic mass is 35.5. The first-order chi connectivity index (χ1) is 8.22. The van der Waals surface area contributed by atoms with Gasteiger partial charge in [0.05, 0.1) is 11.1 Å². The van der Waals surface area contributed by atoms with Crippen LogP contribution in [0.4, 0.5) is 0 Å². The average molecular weight is 271 g/mol. The SMILES string of the molecule is C/C=C/c1ccc(OC2CCCC2)c(Cl)c1Cl. The number of hydrogen-bond acceptors (Lipinski definition) is 1. The van der Waals surface area contributed by atoms with E-state index in [0.717, 1.165) is 18.4 Å². The van der Waals surface area contributed by atoms with Gasteiger partial charge in [0.25, 0.3) is 0 Å². The highest BCUT2D eigenvalue weighted by molar-refractivity contribution is 6.43. The molecule has 0 amide bonds. The summed E-state index contributed by atoms with van der Waals surface area (Å²) in [5, 5.41) is 1.09. The van der Waals surface area contributed by atoms with Crippen LogP contribution in [0.2, 0.25) is 10.0 Å². The molecule has 2 rings (SSSR count). The van der Waals surface area contributed by atoms with Gasteiger partial charge < -0.3 is 4.74 Å². The summed E-state index contributed by atoms with van der Waals surface area (Å²) >= 11 is 12.4. The molecule has 92 valence electrons. The molecule has 1 saturated carbocycles. The summed E-state index contributed by atoms with van der Waals surface area (Å²) in [7, 11) is 0. The Morgan fingerprint density at radius 2 is 1.88 bits per heavy atom. The highest BCUT2D eigenvalue weighted by Crippen LogP contribution is 2.37. The monoisotopic (exact) mass is 270 g/mol. The van der Waals surface area contributed by atoms with Crippen LogP contribution in [-0.4, -0.2) is 6.10 Å². The van der Waals surface area contributed by atoms with E-state index in [1.807, 2.05) is 31.2 Å². The number of ether oxygens (including phenoxy) is 1. The highest BCUT2D eigenvalue weighted by Gasteiger charge is 2.19. The van der Waals surface area contributed by atoms with Crippen molar-refractivity contribution in [3.8, 4) is 5.75 Å². The minimum absolute atomic E-state index is 0.302. The molecule has 0 aromatic heterocycles. The Labute approximate surface area is 112 Å². The Balaban J connectivity index is 2.20. The van der Waals surface area contributed by atoms with Crippen LogP contribution in [0.3, 0.4) is 0 Å². The van der Waals surface area contributed by atoms with Crippen molar-refractivity contribution in [2.75, 3.05) is 0 Å². The second-order valence-corrected chi connectivity index (χ2v) is 5.06. The van der Waals surface area contributed by atoms with Crippen molar-refractivity contribution < 1.29 is 4.74 Å². The van der Waals surface area contributed by atoms with E-state index in [4.69, 9.17) is 27.9 Å². The van der Waals surface area contributed by atoms with E-state index in [9.17, 15) is 0 Å². The van der Waals surface area contributed by atoms with Crippen LogP contribution in [0.15, 0.2) is 18.2 Å². The Morgan fingerprint density at radius 3 is 2.53 bits per heavy atom. The Bertz CT molecular complexity index is 420. The molecule has 1 aromatic carbocycles. The Hall–Kier alpha value is -0.660. The van der Waals surface area contributed by atoms with Gasteiger partial charge in [-0.1, -0.05) is 35.4 Å². The summed E-state index contributed by atoms with van der Waals surface area (Å²) in [6.07, 6.45) is 8.90. The van der Waals surface area contributed by atoms with Gasteiger partial charge in [-0.3, -0.25) is 0 Å². The molecule has 0 bridgehead atoms. The summed E-state index contributed by atoms with van der Waals surface area (Å²) < 4.78 is 5.88. The summed E-state index contributed by atoms with van der Waals surface area (Å²) in [4.78, 5) is 0. The molecule has 0 aliphatic heterocycles. The fraction of sp³-hybridized carbons (Fsp3) is 0.429. The minimum atomic E-state index is 0.302. The minimum Gasteiger partial charge on any atom is -0.489 e. The quantitative estimate of drug-likeness (QED) is 0.720. The molecule has 0 saturated heterocycles. The van der Waals surface area contributed by atoms with E-state index in [2.05, 4.69) is 0 Å². The smallest absolute Gasteiger partial charge is 0.139 e. The summed E-state index contributed by atoms with van der Waals surface area (Å²) in [5.41, 5.74) is 0.929. The second-order valence-electron chi connectivity index (χ2n) is 4.31. The van der Waals surface area contributed by atoms with Crippen molar-refractivity contribution in [3.05, 3.63) is 33.8 Å². The van der Waals surface area contributed by atoms with Crippen LogP contribution >= 0.6 is 23.2 Å². The molecule has 0 N–H and O–H groups in total. The predicted octanol–water partition coefficient (Wildman–Crippen LogP) is 5.35. The molecular formula is C14H16Cl2O. The van der Waals surface area contributed by atoms with E-state index in [-0.39, 0.29) is 0 Å². The van der Waals surface area contributed by atoms with Gasteiger partial charge in [-0.2, -0.15) is 0 Å². The Morgan fingerprint density at radius 1 is 1.18 bits per heavy atom. The molecule has 17 heavy (non-hydrogen) atoms. The van der Waals surface area contributed by atoms with Crippen molar-refractivity contribution in [1.29, 1.82) is 0 Å². The third-order valence-electron chi connectivity index (χ3n) is 3.02. The van der Waals surface area contributed by atoms with Crippen LogP contribution in [-0.2, 0) is 0 Å². The van der Waals surface area contributed by atoms with Gasteiger partial charge >= 0.3 is 0 Å². The zero-order chi connectivity index (χ0) is 12.3. The van der Waals surface area contributed by atoms with Crippen LogP contribution in [0.1, 0.15) is 38.2 Å². The van der Waals surface area contributed by atoms with Crippen molar-refractivity contribution >= 4 is 29.3 Å². The number of hydrogen-bond donors (Lipinski definition) is 0. The molecule has 0 radical (unpaired) electrons. The molecule has 0 unspecified atom stereocenters. The number of halogens is 2. The summed E-state index contributed by atoms with van der Waals surface area (Å²) in [5.74, 6) is 0.705. The molecule has 1 aromatic rings. The van der Waals surface area contributed by atoms with Crippen molar-refractivity contribution in [3.63, 3.8) is 0 Å². The molecule has 3 heteroatoms. The van der Waals surface area contributed by atoms with E-state index in [0.29, 0.717) is 21.9 Å². The van der Waals surface area contributed by atoms with Crippen LogP contribution < -0.4 is 4.74 Å². The van der Waals surface area contributed by atoms with Gasteiger partial charge in [-0.25, -0.2) is 0 Å². The van der Waals surface area contributed by atoms with Crippen molar-refractivity contribution in [2.45, 2.75) is 38.7 Å². The lowest BCUT2D eigenvalue weighted by molar-refractivity contribution is 0.210. The van der Waals surface area contributed by atoms with Gasteiger partial charge in [0.1, 0.15) is 10.8 Å². The summed E-state index contributed by atoms with van der Waals surface area (Å²) in [6.45, 7) is 1.95. The lowest BCUT2D eigenvalue weighted by Gasteiger charge is -2.15. The predicted molar refractivity (Wildman–Crippen MR) is 74.1 cm³/mol. The van der Waals surface area contributed by atoms with E-state index in [1.54, 1.807) is 0 Å². The number of allylic oxidation sites excluding steroid dienone is 1. The first-order valence-electron chi connectivity index (χ1n) is 5.99. The average Bonchev–Trinajstić information content (AvgIpc) is 2.82. The van der Waals surface area contributed by atoms with Crippen LogP contribution in [0.5, 0.6) is 5.75 Å². The largest absolute Gasteiger partial charge is 0.489 e. The van der Waals surface area contributed by atoms with Gasteiger partial charge in [-0.15, -0.1) is 0 Å². The molecule has 0 atom stereocenters. The number of benzene rings is 1. The Kier molecular flexibility index (Phi) is 4.36. The zero-order valence-electron chi connectivity index (χ0n) is 9.88. The molecule has 1 aliphatic carbocycles. The van der Waals surface area contributed by atoms with E-state index in [1.165, 1.54) is 12.8 Å². The standard InChI is InChI=1S/C14H16Cl2O/c1-2-5-10-8-9-12(14(16)13(10)15)17-11-6-3-4-7-11/h2,5,8-9,11H,3-4,6-7H2,1H3/b5-2+. The fourth-order valence-electron chi connectivity index (χ4n) is 2.13. The molecule has 1 fully saturated rings. The molecule has 1 aliphatic rings. The zero-order valence-corrected chi connectivity index (χ0v) is 11.4. The topological polar surface area (TPSA) is 9.23 Å². The summed E-state index contributed by atoms with van der Waals surface area (Å²) in [6, 6.07) is 3.85. The first-order valence-corrected chi connectivity index (χ1v) is 6.75. The van der Waals surface area contributed by atoms with Crippen molar-refractivity contribution in [1.82, 2.24) is 0 Å². The maximum atomic E-state index is 6.22. The lowest BCUT2D eigenvalue weighted by Crippen LogP contribution is -2.11. The third-order valence-corrected chi connectivity index (χ3v) is 3.90. The van der Waals surface area contributed by atoms with Crippen LogP contribution in [0.25, 0.3) is 6.08 Å². The first kappa shape index (κ1) is 12.8. The maximum absolute atomic E-state index is 6.22. The van der Waals surface area contributed by atoms with Gasteiger partial charge in [0.2, 0.25) is 0 Å². The van der Waals surface area contributed by atoms with E-state index < -0.39 is 0 Å². The second kappa shape index (κ2) is 5.79. The van der Waals surface area contributed by atoms with Gasteiger partial charge in [-0.05, 0) is 50.3 Å². The van der Waals surface area contributed by atoms with Gasteiger partial charge in [0, 0.05) is 0 Å². The molecule has 1 nitrogen and oxygen atoms in total. The number of rotatable bonds is 3. The van der Waals surface area contributed by atoms with Crippen LogP contribution in [0, 0.1) is 0 Å². The fourth-order valence-corrected chi connectivity index (χ4v) is 2.57. The molecular weight excluding hydrogens is 255 g/mol. The molecule has 0 heterocycles.